The first-order valence-electron chi connectivity index (χ1n) is 9.80. The Balaban J connectivity index is 1.45. The molecule has 1 aliphatic heterocycles. The van der Waals surface area contributed by atoms with Gasteiger partial charge < -0.3 is 9.88 Å². The molecule has 2 unspecified atom stereocenters. The van der Waals surface area contributed by atoms with Gasteiger partial charge >= 0.3 is 0 Å². The number of benzene rings is 2. The van der Waals surface area contributed by atoms with Gasteiger partial charge in [-0.1, -0.05) is 55.5 Å². The van der Waals surface area contributed by atoms with E-state index in [9.17, 15) is 8.42 Å². The fraction of sp³-hybridized carbons (Fsp3) is 0.318. The monoisotopic (exact) mass is 410 g/mol. The van der Waals surface area contributed by atoms with Crippen molar-refractivity contribution >= 4 is 10.0 Å². The van der Waals surface area contributed by atoms with Crippen LogP contribution in [-0.4, -0.2) is 41.4 Å². The predicted molar refractivity (Wildman–Crippen MR) is 114 cm³/mol. The van der Waals surface area contributed by atoms with Gasteiger partial charge in [-0.3, -0.25) is 0 Å². The highest BCUT2D eigenvalue weighted by Gasteiger charge is 2.41. The van der Waals surface area contributed by atoms with E-state index in [2.05, 4.69) is 59.7 Å². The summed E-state index contributed by atoms with van der Waals surface area (Å²) < 4.78 is 28.8. The number of sulfonamides is 1. The molecule has 1 N–H and O–H groups in total. The van der Waals surface area contributed by atoms with Crippen LogP contribution in [0.15, 0.2) is 66.1 Å². The van der Waals surface area contributed by atoms with E-state index < -0.39 is 10.0 Å². The van der Waals surface area contributed by atoms with E-state index in [-0.39, 0.29) is 17.1 Å². The zero-order valence-electron chi connectivity index (χ0n) is 16.9. The van der Waals surface area contributed by atoms with Gasteiger partial charge in [0.2, 0.25) is 0 Å². The Labute approximate surface area is 172 Å². The van der Waals surface area contributed by atoms with Crippen LogP contribution in [0.5, 0.6) is 0 Å². The van der Waals surface area contributed by atoms with Crippen LogP contribution in [0.1, 0.15) is 24.1 Å². The Hall–Kier alpha value is -2.48. The Morgan fingerprint density at radius 2 is 1.86 bits per heavy atom. The first-order chi connectivity index (χ1) is 13.9. The molecule has 4 rings (SSSR count). The molecule has 7 heteroatoms. The van der Waals surface area contributed by atoms with Crippen molar-refractivity contribution in [2.75, 3.05) is 13.1 Å². The highest BCUT2D eigenvalue weighted by Crippen LogP contribution is 2.33. The van der Waals surface area contributed by atoms with E-state index in [1.54, 1.807) is 17.8 Å². The van der Waals surface area contributed by atoms with Gasteiger partial charge in [-0.25, -0.2) is 13.4 Å². The van der Waals surface area contributed by atoms with E-state index in [1.807, 2.05) is 13.0 Å². The molecule has 1 aliphatic rings. The highest BCUT2D eigenvalue weighted by atomic mass is 32.2. The molecule has 0 aliphatic carbocycles. The number of imidazole rings is 1. The lowest BCUT2D eigenvalue weighted by molar-refractivity contribution is 0.424. The van der Waals surface area contributed by atoms with Gasteiger partial charge in [0.25, 0.3) is 10.0 Å². The zero-order chi connectivity index (χ0) is 20.6. The first kappa shape index (κ1) is 19.8. The Morgan fingerprint density at radius 1 is 1.14 bits per heavy atom. The maximum atomic E-state index is 12.8. The van der Waals surface area contributed by atoms with Crippen LogP contribution in [-0.2, 0) is 17.1 Å². The number of likely N-dealkylation sites (N-methyl/N-ethyl adjacent to an activating group) is 1. The van der Waals surface area contributed by atoms with E-state index >= 15 is 0 Å². The third kappa shape index (κ3) is 3.99. The zero-order valence-corrected chi connectivity index (χ0v) is 17.7. The molecule has 2 atom stereocenters. The van der Waals surface area contributed by atoms with E-state index in [4.69, 9.17) is 0 Å². The number of rotatable bonds is 7. The Morgan fingerprint density at radius 3 is 2.48 bits per heavy atom. The van der Waals surface area contributed by atoms with E-state index in [0.717, 1.165) is 0 Å². The second kappa shape index (κ2) is 7.74. The van der Waals surface area contributed by atoms with Crippen molar-refractivity contribution in [3.8, 4) is 11.1 Å². The minimum atomic E-state index is -3.58. The van der Waals surface area contributed by atoms with Crippen LogP contribution in [0.25, 0.3) is 11.1 Å². The summed E-state index contributed by atoms with van der Waals surface area (Å²) in [7, 11) is -1.81. The summed E-state index contributed by atoms with van der Waals surface area (Å²) in [6.45, 7) is 4.81. The van der Waals surface area contributed by atoms with Crippen molar-refractivity contribution in [3.05, 3.63) is 72.2 Å². The molecule has 152 valence electrons. The standard InChI is InChI=1S/C22H26N4O2S/c1-4-26(29(27,28)21-14-25(3)15-23-21)13-20-22(24-20)18-11-9-17(10-12-18)19-8-6-5-7-16(19)2/h5-12,14-15,20,22,24H,4,13H2,1-3H3. The Kier molecular flexibility index (Phi) is 5.29. The van der Waals surface area contributed by atoms with Crippen molar-refractivity contribution in [2.24, 2.45) is 7.05 Å². The van der Waals surface area contributed by atoms with Crippen molar-refractivity contribution in [2.45, 2.75) is 31.0 Å². The number of aryl methyl sites for hydroxylation is 2. The lowest BCUT2D eigenvalue weighted by atomic mass is 9.98. The number of nitrogens with zero attached hydrogens (tertiary/aromatic N) is 3. The van der Waals surface area contributed by atoms with Gasteiger partial charge in [0.05, 0.1) is 6.33 Å². The summed E-state index contributed by atoms with van der Waals surface area (Å²) in [5, 5.41) is 3.52. The molecule has 1 saturated heterocycles. The molecule has 0 amide bonds. The van der Waals surface area contributed by atoms with E-state index in [0.29, 0.717) is 13.1 Å². The fourth-order valence-corrected chi connectivity index (χ4v) is 5.14. The quantitative estimate of drug-likeness (QED) is 0.607. The maximum Gasteiger partial charge on any atom is 0.262 e. The topological polar surface area (TPSA) is 77.1 Å². The summed E-state index contributed by atoms with van der Waals surface area (Å²) in [4.78, 5) is 4.02. The summed E-state index contributed by atoms with van der Waals surface area (Å²) >= 11 is 0. The smallest absolute Gasteiger partial charge is 0.262 e. The summed E-state index contributed by atoms with van der Waals surface area (Å²) in [6, 6.07) is 17.2. The molecule has 0 radical (unpaired) electrons. The number of aromatic nitrogens is 2. The molecule has 1 fully saturated rings. The lowest BCUT2D eigenvalue weighted by Gasteiger charge is -2.18. The normalized spacial score (nSPS) is 18.9. The van der Waals surface area contributed by atoms with Gasteiger partial charge in [0, 0.05) is 38.4 Å². The molecule has 3 aromatic rings. The predicted octanol–water partition coefficient (Wildman–Crippen LogP) is 3.12. The minimum absolute atomic E-state index is 0.0987. The number of hydrogen-bond acceptors (Lipinski definition) is 4. The van der Waals surface area contributed by atoms with Crippen molar-refractivity contribution in [1.29, 1.82) is 0 Å². The van der Waals surface area contributed by atoms with Crippen molar-refractivity contribution in [1.82, 2.24) is 19.2 Å². The molecule has 29 heavy (non-hydrogen) atoms. The molecule has 6 nitrogen and oxygen atoms in total. The molecular weight excluding hydrogens is 384 g/mol. The summed E-state index contributed by atoms with van der Waals surface area (Å²) in [5.41, 5.74) is 4.86. The first-order valence-corrected chi connectivity index (χ1v) is 11.2. The van der Waals surface area contributed by atoms with Crippen LogP contribution in [0.3, 0.4) is 0 Å². The summed E-state index contributed by atoms with van der Waals surface area (Å²) in [6.07, 6.45) is 3.05. The lowest BCUT2D eigenvalue weighted by Crippen LogP contribution is -2.35. The minimum Gasteiger partial charge on any atom is -0.339 e. The number of nitrogens with one attached hydrogen (secondary N) is 1. The van der Waals surface area contributed by atoms with Crippen LogP contribution in [0.4, 0.5) is 0 Å². The summed E-state index contributed by atoms with van der Waals surface area (Å²) in [5.74, 6) is 0. The maximum absolute atomic E-state index is 12.8. The van der Waals surface area contributed by atoms with Crippen molar-refractivity contribution < 1.29 is 8.42 Å². The SMILES string of the molecule is CCN(CC1NC1c1ccc(-c2ccccc2C)cc1)S(=O)(=O)c1cn(C)cn1. The van der Waals surface area contributed by atoms with Crippen LogP contribution < -0.4 is 5.32 Å². The molecule has 0 bridgehead atoms. The second-order valence-electron chi connectivity index (χ2n) is 7.52. The van der Waals surface area contributed by atoms with Crippen molar-refractivity contribution in [3.63, 3.8) is 0 Å². The Bertz CT molecular complexity index is 1110. The molecule has 0 spiro atoms. The molecule has 2 heterocycles. The third-order valence-corrected chi connectivity index (χ3v) is 7.28. The van der Waals surface area contributed by atoms with Crippen LogP contribution in [0.2, 0.25) is 0 Å². The van der Waals surface area contributed by atoms with Crippen LogP contribution >= 0.6 is 0 Å². The largest absolute Gasteiger partial charge is 0.339 e. The molecule has 0 saturated carbocycles. The number of hydrogen-bond donors (Lipinski definition) is 1. The second-order valence-corrected chi connectivity index (χ2v) is 9.41. The fourth-order valence-electron chi connectivity index (χ4n) is 3.70. The van der Waals surface area contributed by atoms with Crippen LogP contribution in [0, 0.1) is 6.92 Å². The van der Waals surface area contributed by atoms with E-state index in [1.165, 1.54) is 32.9 Å². The average molecular weight is 411 g/mol. The van der Waals surface area contributed by atoms with Gasteiger partial charge in [-0.05, 0) is 29.2 Å². The van der Waals surface area contributed by atoms with Gasteiger partial charge in [-0.2, -0.15) is 4.31 Å². The van der Waals surface area contributed by atoms with Gasteiger partial charge in [0.1, 0.15) is 0 Å². The van der Waals surface area contributed by atoms with Gasteiger partial charge in [0.15, 0.2) is 5.03 Å². The third-order valence-electron chi connectivity index (χ3n) is 5.45. The average Bonchev–Trinajstić information content (AvgIpc) is 3.35. The molecule has 1 aromatic heterocycles. The van der Waals surface area contributed by atoms with Gasteiger partial charge in [-0.15, -0.1) is 0 Å². The highest BCUT2D eigenvalue weighted by molar-refractivity contribution is 7.89. The molecular formula is C22H26N4O2S. The molecule has 2 aromatic carbocycles.